The molecule has 112 valence electrons. The SMILES string of the molecule is CC(N)c1ccccc1NS(=O)(=O)CCc1ccccc1. The number of nitrogens with two attached hydrogens (primary N) is 1. The van der Waals surface area contributed by atoms with Crippen LogP contribution in [0.2, 0.25) is 0 Å². The van der Waals surface area contributed by atoms with Crippen molar-refractivity contribution in [2.24, 2.45) is 5.73 Å². The van der Waals surface area contributed by atoms with Crippen LogP contribution >= 0.6 is 0 Å². The van der Waals surface area contributed by atoms with E-state index in [1.165, 1.54) is 0 Å². The average molecular weight is 304 g/mol. The van der Waals surface area contributed by atoms with Gasteiger partial charge in [-0.1, -0.05) is 48.5 Å². The minimum absolute atomic E-state index is 0.0459. The Kier molecular flexibility index (Phi) is 4.98. The predicted molar refractivity (Wildman–Crippen MR) is 86.6 cm³/mol. The second kappa shape index (κ2) is 6.74. The molecule has 0 aliphatic heterocycles. The second-order valence-electron chi connectivity index (χ2n) is 5.03. The van der Waals surface area contributed by atoms with Crippen molar-refractivity contribution in [2.75, 3.05) is 10.5 Å². The van der Waals surface area contributed by atoms with Gasteiger partial charge in [0.05, 0.1) is 11.4 Å². The van der Waals surface area contributed by atoms with E-state index < -0.39 is 10.0 Å². The topological polar surface area (TPSA) is 72.2 Å². The van der Waals surface area contributed by atoms with E-state index in [1.807, 2.05) is 49.4 Å². The van der Waals surface area contributed by atoms with Gasteiger partial charge >= 0.3 is 0 Å². The molecule has 0 aliphatic carbocycles. The number of para-hydroxylation sites is 1. The molecular formula is C16H20N2O2S. The maximum atomic E-state index is 12.2. The number of benzene rings is 2. The van der Waals surface area contributed by atoms with Crippen LogP contribution in [0.15, 0.2) is 54.6 Å². The number of hydrogen-bond donors (Lipinski definition) is 2. The monoisotopic (exact) mass is 304 g/mol. The number of rotatable bonds is 6. The van der Waals surface area contributed by atoms with Crippen molar-refractivity contribution in [3.63, 3.8) is 0 Å². The largest absolute Gasteiger partial charge is 0.324 e. The summed E-state index contributed by atoms with van der Waals surface area (Å²) in [5.41, 5.74) is 8.22. The van der Waals surface area contributed by atoms with Gasteiger partial charge in [-0.05, 0) is 30.5 Å². The molecular weight excluding hydrogens is 284 g/mol. The van der Waals surface area contributed by atoms with Crippen LogP contribution in [0, 0.1) is 0 Å². The van der Waals surface area contributed by atoms with Gasteiger partial charge in [0, 0.05) is 6.04 Å². The van der Waals surface area contributed by atoms with E-state index in [-0.39, 0.29) is 11.8 Å². The van der Waals surface area contributed by atoms with E-state index in [4.69, 9.17) is 5.73 Å². The lowest BCUT2D eigenvalue weighted by atomic mass is 10.1. The second-order valence-corrected chi connectivity index (χ2v) is 6.87. The molecule has 0 saturated carbocycles. The van der Waals surface area contributed by atoms with E-state index in [9.17, 15) is 8.42 Å². The molecule has 5 heteroatoms. The van der Waals surface area contributed by atoms with Crippen molar-refractivity contribution in [3.8, 4) is 0 Å². The minimum Gasteiger partial charge on any atom is -0.324 e. The van der Waals surface area contributed by atoms with Gasteiger partial charge in [0.25, 0.3) is 0 Å². The highest BCUT2D eigenvalue weighted by atomic mass is 32.2. The fraction of sp³-hybridized carbons (Fsp3) is 0.250. The highest BCUT2D eigenvalue weighted by molar-refractivity contribution is 7.92. The van der Waals surface area contributed by atoms with E-state index in [0.717, 1.165) is 11.1 Å². The molecule has 4 nitrogen and oxygen atoms in total. The highest BCUT2D eigenvalue weighted by Gasteiger charge is 2.14. The molecule has 1 unspecified atom stereocenters. The summed E-state index contributed by atoms with van der Waals surface area (Å²) >= 11 is 0. The van der Waals surface area contributed by atoms with Gasteiger partial charge in [0.15, 0.2) is 0 Å². The molecule has 0 spiro atoms. The fourth-order valence-corrected chi connectivity index (χ4v) is 3.23. The van der Waals surface area contributed by atoms with Crippen molar-refractivity contribution >= 4 is 15.7 Å². The van der Waals surface area contributed by atoms with Gasteiger partial charge in [0.2, 0.25) is 10.0 Å². The molecule has 0 aromatic heterocycles. The molecule has 0 heterocycles. The number of sulfonamides is 1. The predicted octanol–water partition coefficient (Wildman–Crippen LogP) is 2.69. The van der Waals surface area contributed by atoms with Gasteiger partial charge in [-0.3, -0.25) is 4.72 Å². The standard InChI is InChI=1S/C16H20N2O2S/c1-13(17)15-9-5-6-10-16(15)18-21(19,20)12-11-14-7-3-2-4-8-14/h2-10,13,18H,11-12,17H2,1H3. The number of aryl methyl sites for hydroxylation is 1. The Bertz CT molecular complexity index is 682. The molecule has 21 heavy (non-hydrogen) atoms. The van der Waals surface area contributed by atoms with Gasteiger partial charge in [-0.25, -0.2) is 8.42 Å². The summed E-state index contributed by atoms with van der Waals surface area (Å²) in [5, 5.41) is 0. The van der Waals surface area contributed by atoms with Crippen molar-refractivity contribution in [1.29, 1.82) is 0 Å². The van der Waals surface area contributed by atoms with Crippen LogP contribution in [0.3, 0.4) is 0 Å². The van der Waals surface area contributed by atoms with Gasteiger partial charge in [-0.2, -0.15) is 0 Å². The number of hydrogen-bond acceptors (Lipinski definition) is 3. The number of anilines is 1. The Labute approximate surface area is 126 Å². The highest BCUT2D eigenvalue weighted by Crippen LogP contribution is 2.22. The Hall–Kier alpha value is -1.85. The lowest BCUT2D eigenvalue weighted by Gasteiger charge is -2.14. The average Bonchev–Trinajstić information content (AvgIpc) is 2.46. The Morgan fingerprint density at radius 2 is 1.67 bits per heavy atom. The van der Waals surface area contributed by atoms with Crippen LogP contribution in [0.5, 0.6) is 0 Å². The zero-order chi connectivity index (χ0) is 15.3. The smallest absolute Gasteiger partial charge is 0.233 e. The normalized spacial score (nSPS) is 12.9. The third-order valence-corrected chi connectivity index (χ3v) is 4.49. The quantitative estimate of drug-likeness (QED) is 0.862. The molecule has 0 saturated heterocycles. The number of nitrogens with one attached hydrogen (secondary N) is 1. The van der Waals surface area contributed by atoms with Crippen LogP contribution in [0.1, 0.15) is 24.1 Å². The first-order valence-electron chi connectivity index (χ1n) is 6.87. The van der Waals surface area contributed by atoms with Crippen LogP contribution in [0.25, 0.3) is 0 Å². The Balaban J connectivity index is 2.08. The van der Waals surface area contributed by atoms with E-state index in [1.54, 1.807) is 12.1 Å². The summed E-state index contributed by atoms with van der Waals surface area (Å²) < 4.78 is 27.0. The van der Waals surface area contributed by atoms with Crippen molar-refractivity contribution < 1.29 is 8.42 Å². The molecule has 0 fully saturated rings. The summed E-state index contributed by atoms with van der Waals surface area (Å²) in [6.07, 6.45) is 0.483. The molecule has 1 atom stereocenters. The van der Waals surface area contributed by atoms with Crippen LogP contribution in [0.4, 0.5) is 5.69 Å². The molecule has 0 bridgehead atoms. The molecule has 2 aromatic rings. The molecule has 0 aliphatic rings. The van der Waals surface area contributed by atoms with Crippen LogP contribution in [-0.2, 0) is 16.4 Å². The van der Waals surface area contributed by atoms with Gasteiger partial charge in [-0.15, -0.1) is 0 Å². The van der Waals surface area contributed by atoms with E-state index >= 15 is 0 Å². The summed E-state index contributed by atoms with van der Waals surface area (Å²) in [6, 6.07) is 16.5. The third-order valence-electron chi connectivity index (χ3n) is 3.22. The molecule has 3 N–H and O–H groups in total. The van der Waals surface area contributed by atoms with Crippen molar-refractivity contribution in [2.45, 2.75) is 19.4 Å². The molecule has 2 aromatic carbocycles. The summed E-state index contributed by atoms with van der Waals surface area (Å²) in [4.78, 5) is 0. The van der Waals surface area contributed by atoms with E-state index in [0.29, 0.717) is 12.1 Å². The summed E-state index contributed by atoms with van der Waals surface area (Å²) in [6.45, 7) is 1.83. The summed E-state index contributed by atoms with van der Waals surface area (Å²) in [7, 11) is -3.39. The first-order valence-corrected chi connectivity index (χ1v) is 8.52. The summed E-state index contributed by atoms with van der Waals surface area (Å²) in [5.74, 6) is 0.0459. The molecule has 0 radical (unpaired) electrons. The van der Waals surface area contributed by atoms with Gasteiger partial charge in [0.1, 0.15) is 0 Å². The first kappa shape index (κ1) is 15.5. The zero-order valence-electron chi connectivity index (χ0n) is 12.0. The van der Waals surface area contributed by atoms with Crippen LogP contribution < -0.4 is 10.5 Å². The third kappa shape index (κ3) is 4.58. The maximum absolute atomic E-state index is 12.2. The Morgan fingerprint density at radius 1 is 1.05 bits per heavy atom. The lowest BCUT2D eigenvalue weighted by molar-refractivity contribution is 0.600. The fourth-order valence-electron chi connectivity index (χ4n) is 2.10. The first-order chi connectivity index (χ1) is 9.98. The van der Waals surface area contributed by atoms with E-state index in [2.05, 4.69) is 4.72 Å². The van der Waals surface area contributed by atoms with Gasteiger partial charge < -0.3 is 5.73 Å². The van der Waals surface area contributed by atoms with Crippen molar-refractivity contribution in [1.82, 2.24) is 0 Å². The zero-order valence-corrected chi connectivity index (χ0v) is 12.8. The van der Waals surface area contributed by atoms with Crippen molar-refractivity contribution in [3.05, 3.63) is 65.7 Å². The molecule has 0 amide bonds. The van der Waals surface area contributed by atoms with Crippen LogP contribution in [-0.4, -0.2) is 14.2 Å². The Morgan fingerprint density at radius 3 is 2.33 bits per heavy atom. The molecule has 2 rings (SSSR count). The minimum atomic E-state index is -3.39. The maximum Gasteiger partial charge on any atom is 0.233 e. The lowest BCUT2D eigenvalue weighted by Crippen LogP contribution is -2.20.